The highest BCUT2D eigenvalue weighted by atomic mass is 16.5. The van der Waals surface area contributed by atoms with Gasteiger partial charge in [0, 0.05) is 25.6 Å². The molecule has 2 aliphatic rings. The maximum Gasteiger partial charge on any atom is 0.316 e. The quantitative estimate of drug-likeness (QED) is 0.618. The van der Waals surface area contributed by atoms with Crippen molar-refractivity contribution in [2.75, 3.05) is 20.2 Å². The molecule has 1 heterocycles. The lowest BCUT2D eigenvalue weighted by Crippen LogP contribution is -2.37. The fraction of sp³-hybridized carbons (Fsp3) is 0.500. The Balaban J connectivity index is 1.71. The number of ketones is 1. The highest BCUT2D eigenvalue weighted by Crippen LogP contribution is 2.39. The van der Waals surface area contributed by atoms with E-state index in [9.17, 15) is 9.59 Å². The molecule has 1 saturated heterocycles. The van der Waals surface area contributed by atoms with Crippen LogP contribution in [0.1, 0.15) is 12.0 Å². The van der Waals surface area contributed by atoms with Gasteiger partial charge in [-0.2, -0.15) is 0 Å². The van der Waals surface area contributed by atoms with E-state index < -0.39 is 5.92 Å². The average molecular weight is 273 g/mol. The summed E-state index contributed by atoms with van der Waals surface area (Å²) in [5.74, 6) is -0.689. The molecule has 0 radical (unpaired) electrons. The molecule has 3 rings (SSSR count). The zero-order valence-corrected chi connectivity index (χ0v) is 11.6. The first-order valence-electron chi connectivity index (χ1n) is 7.07. The minimum atomic E-state index is -0.536. The predicted molar refractivity (Wildman–Crippen MR) is 73.8 cm³/mol. The Labute approximate surface area is 118 Å². The van der Waals surface area contributed by atoms with Crippen molar-refractivity contribution in [3.05, 3.63) is 35.9 Å². The molecule has 1 aromatic carbocycles. The zero-order valence-electron chi connectivity index (χ0n) is 11.6. The number of nitrogens with zero attached hydrogens (tertiary/aromatic N) is 1. The van der Waals surface area contributed by atoms with Crippen LogP contribution < -0.4 is 0 Å². The lowest BCUT2D eigenvalue weighted by atomic mass is 9.94. The second kappa shape index (κ2) is 5.37. The third-order valence-electron chi connectivity index (χ3n) is 4.44. The molecule has 0 spiro atoms. The maximum atomic E-state index is 12.3. The molecule has 4 nitrogen and oxygen atoms in total. The minimum Gasteiger partial charge on any atom is -0.468 e. The zero-order chi connectivity index (χ0) is 14.1. The van der Waals surface area contributed by atoms with Gasteiger partial charge in [-0.25, -0.2) is 0 Å². The summed E-state index contributed by atoms with van der Waals surface area (Å²) in [5, 5.41) is 0. The number of carbonyl (C=O) groups is 2. The topological polar surface area (TPSA) is 46.6 Å². The number of piperidine rings is 1. The lowest BCUT2D eigenvalue weighted by molar-refractivity contribution is -0.149. The van der Waals surface area contributed by atoms with Crippen LogP contribution in [0.3, 0.4) is 0 Å². The number of rotatable bonds is 3. The molecule has 1 aromatic rings. The number of esters is 1. The summed E-state index contributed by atoms with van der Waals surface area (Å²) in [6.07, 6.45) is 0.837. The number of likely N-dealkylation sites (tertiary alicyclic amines) is 1. The molecule has 106 valence electrons. The van der Waals surface area contributed by atoms with E-state index in [1.54, 1.807) is 0 Å². The molecule has 1 aliphatic heterocycles. The van der Waals surface area contributed by atoms with Gasteiger partial charge in [0.2, 0.25) is 0 Å². The van der Waals surface area contributed by atoms with Gasteiger partial charge in [-0.15, -0.1) is 0 Å². The summed E-state index contributed by atoms with van der Waals surface area (Å²) in [4.78, 5) is 26.3. The van der Waals surface area contributed by atoms with Crippen LogP contribution in [-0.2, 0) is 20.9 Å². The molecule has 3 atom stereocenters. The van der Waals surface area contributed by atoms with E-state index in [1.165, 1.54) is 12.7 Å². The van der Waals surface area contributed by atoms with E-state index >= 15 is 0 Å². The molecular weight excluding hydrogens is 254 g/mol. The standard InChI is InChI=1S/C16H19NO3/c1-20-16(19)14-12-7-13(15(14)18)10-17(9-12)8-11-5-3-2-4-6-11/h2-6,12-14H,7-10H2,1H3. The van der Waals surface area contributed by atoms with Gasteiger partial charge in [-0.05, 0) is 17.9 Å². The molecule has 20 heavy (non-hydrogen) atoms. The van der Waals surface area contributed by atoms with Crippen LogP contribution in [-0.4, -0.2) is 36.9 Å². The number of ether oxygens (including phenoxy) is 1. The minimum absolute atomic E-state index is 0.00145. The summed E-state index contributed by atoms with van der Waals surface area (Å²) >= 11 is 0. The average Bonchev–Trinajstić information content (AvgIpc) is 2.69. The van der Waals surface area contributed by atoms with Gasteiger partial charge in [-0.1, -0.05) is 30.3 Å². The molecule has 4 heteroatoms. The van der Waals surface area contributed by atoms with Crippen molar-refractivity contribution in [3.8, 4) is 0 Å². The molecule has 2 bridgehead atoms. The summed E-state index contributed by atoms with van der Waals surface area (Å²) in [7, 11) is 1.36. The van der Waals surface area contributed by atoms with Gasteiger partial charge < -0.3 is 4.74 Å². The van der Waals surface area contributed by atoms with Crippen molar-refractivity contribution in [2.24, 2.45) is 17.8 Å². The van der Waals surface area contributed by atoms with Crippen LogP contribution in [0.2, 0.25) is 0 Å². The first-order valence-corrected chi connectivity index (χ1v) is 7.07. The summed E-state index contributed by atoms with van der Waals surface area (Å²) in [6.45, 7) is 2.41. The number of benzene rings is 1. The van der Waals surface area contributed by atoms with Crippen molar-refractivity contribution in [3.63, 3.8) is 0 Å². The Hall–Kier alpha value is -1.68. The number of methoxy groups -OCH3 is 1. The normalized spacial score (nSPS) is 29.4. The first kappa shape index (κ1) is 13.3. The third-order valence-corrected chi connectivity index (χ3v) is 4.44. The monoisotopic (exact) mass is 273 g/mol. The molecule has 3 unspecified atom stereocenters. The van der Waals surface area contributed by atoms with E-state index in [4.69, 9.17) is 4.74 Å². The van der Waals surface area contributed by atoms with Crippen molar-refractivity contribution < 1.29 is 14.3 Å². The fourth-order valence-corrected chi connectivity index (χ4v) is 3.57. The maximum absolute atomic E-state index is 12.3. The lowest BCUT2D eigenvalue weighted by Gasteiger charge is -2.31. The second-order valence-corrected chi connectivity index (χ2v) is 5.78. The number of hydrogen-bond donors (Lipinski definition) is 0. The van der Waals surface area contributed by atoms with Gasteiger partial charge >= 0.3 is 5.97 Å². The number of hydrogen-bond acceptors (Lipinski definition) is 4. The smallest absolute Gasteiger partial charge is 0.316 e. The number of Topliss-reactive ketones (excluding diaryl/α,β-unsaturated/α-hetero) is 1. The molecule has 0 N–H and O–H groups in total. The largest absolute Gasteiger partial charge is 0.468 e. The Kier molecular flexibility index (Phi) is 3.57. The van der Waals surface area contributed by atoms with E-state index in [-0.39, 0.29) is 23.6 Å². The van der Waals surface area contributed by atoms with Crippen LogP contribution in [0.4, 0.5) is 0 Å². The molecule has 1 saturated carbocycles. The number of carbonyl (C=O) groups excluding carboxylic acids is 2. The Morgan fingerprint density at radius 1 is 1.30 bits per heavy atom. The Morgan fingerprint density at radius 3 is 2.75 bits per heavy atom. The van der Waals surface area contributed by atoms with Crippen molar-refractivity contribution in [1.82, 2.24) is 4.90 Å². The van der Waals surface area contributed by atoms with E-state index in [0.29, 0.717) is 0 Å². The highest BCUT2D eigenvalue weighted by Gasteiger charge is 2.50. The van der Waals surface area contributed by atoms with Gasteiger partial charge in [0.15, 0.2) is 5.78 Å². The van der Waals surface area contributed by atoms with Gasteiger partial charge in [0.25, 0.3) is 0 Å². The van der Waals surface area contributed by atoms with Crippen molar-refractivity contribution >= 4 is 11.8 Å². The van der Waals surface area contributed by atoms with Gasteiger partial charge in [0.05, 0.1) is 7.11 Å². The number of fused-ring (bicyclic) bond motifs is 2. The highest BCUT2D eigenvalue weighted by molar-refractivity contribution is 6.02. The van der Waals surface area contributed by atoms with Gasteiger partial charge in [-0.3, -0.25) is 14.5 Å². The molecule has 0 amide bonds. The SMILES string of the molecule is COC(=O)C1C(=O)C2CC1CN(Cc1ccccc1)C2. The predicted octanol–water partition coefficient (Wildman–Crippen LogP) is 1.50. The van der Waals surface area contributed by atoms with Crippen LogP contribution >= 0.6 is 0 Å². The summed E-state index contributed by atoms with van der Waals surface area (Å²) in [6, 6.07) is 10.2. The van der Waals surface area contributed by atoms with Crippen molar-refractivity contribution in [1.29, 1.82) is 0 Å². The van der Waals surface area contributed by atoms with E-state index in [0.717, 1.165) is 26.1 Å². The molecular formula is C16H19NO3. The fourth-order valence-electron chi connectivity index (χ4n) is 3.57. The second-order valence-electron chi connectivity index (χ2n) is 5.78. The first-order chi connectivity index (χ1) is 9.69. The van der Waals surface area contributed by atoms with Crippen LogP contribution in [0.15, 0.2) is 30.3 Å². The van der Waals surface area contributed by atoms with Crippen LogP contribution in [0, 0.1) is 17.8 Å². The van der Waals surface area contributed by atoms with Crippen molar-refractivity contribution in [2.45, 2.75) is 13.0 Å². The van der Waals surface area contributed by atoms with E-state index in [2.05, 4.69) is 17.0 Å². The van der Waals surface area contributed by atoms with Gasteiger partial charge in [0.1, 0.15) is 5.92 Å². The summed E-state index contributed by atoms with van der Waals surface area (Å²) < 4.78 is 4.79. The Bertz CT molecular complexity index is 514. The van der Waals surface area contributed by atoms with Crippen LogP contribution in [0.5, 0.6) is 0 Å². The third kappa shape index (κ3) is 2.36. The summed E-state index contributed by atoms with van der Waals surface area (Å²) in [5.41, 5.74) is 1.25. The Morgan fingerprint density at radius 2 is 2.05 bits per heavy atom. The van der Waals surface area contributed by atoms with Crippen LogP contribution in [0.25, 0.3) is 0 Å². The molecule has 0 aromatic heterocycles. The molecule has 1 aliphatic carbocycles. The van der Waals surface area contributed by atoms with E-state index in [1.807, 2.05) is 18.2 Å². The molecule has 2 fully saturated rings.